The van der Waals surface area contributed by atoms with Gasteiger partial charge < -0.3 is 0 Å². The summed E-state index contributed by atoms with van der Waals surface area (Å²) in [6.07, 6.45) is 3.67. The third-order valence-corrected chi connectivity index (χ3v) is 7.69. The first-order valence-electron chi connectivity index (χ1n) is 13.7. The van der Waals surface area contributed by atoms with E-state index in [0.717, 1.165) is 56.0 Å². The van der Waals surface area contributed by atoms with Crippen molar-refractivity contribution in [1.82, 2.24) is 19.5 Å². The van der Waals surface area contributed by atoms with Gasteiger partial charge >= 0.3 is 0 Å². The van der Waals surface area contributed by atoms with Crippen molar-refractivity contribution < 1.29 is 0 Å². The molecular formula is C37H24N4. The molecule has 0 N–H and O–H groups in total. The van der Waals surface area contributed by atoms with Crippen LogP contribution in [0.25, 0.3) is 72.2 Å². The topological polar surface area (TPSA) is 43.6 Å². The maximum atomic E-state index is 5.06. The van der Waals surface area contributed by atoms with Gasteiger partial charge in [0.25, 0.3) is 0 Å². The SMILES string of the molecule is c1ccc(-c2cc(-c3ccc(-n4c5ccccc5c5cccnc54)cc3)cc(-c3ccc4ccccc4c3)n2)nc1. The summed E-state index contributed by atoms with van der Waals surface area (Å²) in [5.41, 5.74) is 9.09. The van der Waals surface area contributed by atoms with Gasteiger partial charge in [0.05, 0.1) is 22.6 Å². The molecule has 8 aromatic rings. The summed E-state index contributed by atoms with van der Waals surface area (Å²) in [4.78, 5) is 14.4. The Kier molecular flexibility index (Phi) is 5.42. The van der Waals surface area contributed by atoms with Gasteiger partial charge in [0.2, 0.25) is 0 Å². The molecule has 0 bridgehead atoms. The second-order valence-corrected chi connectivity index (χ2v) is 10.2. The lowest BCUT2D eigenvalue weighted by atomic mass is 9.99. The van der Waals surface area contributed by atoms with E-state index >= 15 is 0 Å². The molecule has 0 aliphatic rings. The smallest absolute Gasteiger partial charge is 0.145 e. The van der Waals surface area contributed by atoms with Gasteiger partial charge in [-0.3, -0.25) is 9.55 Å². The van der Waals surface area contributed by atoms with Crippen LogP contribution in [0.4, 0.5) is 0 Å². The number of fused-ring (bicyclic) bond motifs is 4. The van der Waals surface area contributed by atoms with Crippen LogP contribution in [0, 0.1) is 0 Å². The van der Waals surface area contributed by atoms with E-state index in [-0.39, 0.29) is 0 Å². The van der Waals surface area contributed by atoms with Crippen molar-refractivity contribution in [3.05, 3.63) is 146 Å². The number of para-hydroxylation sites is 1. The molecule has 0 aliphatic carbocycles. The van der Waals surface area contributed by atoms with Gasteiger partial charge in [0.15, 0.2) is 0 Å². The van der Waals surface area contributed by atoms with Crippen LogP contribution in [0.15, 0.2) is 146 Å². The third-order valence-electron chi connectivity index (χ3n) is 7.69. The first kappa shape index (κ1) is 23.3. The van der Waals surface area contributed by atoms with E-state index in [2.05, 4.69) is 119 Å². The molecule has 4 aromatic heterocycles. The van der Waals surface area contributed by atoms with E-state index in [1.165, 1.54) is 16.2 Å². The zero-order chi connectivity index (χ0) is 27.2. The highest BCUT2D eigenvalue weighted by Crippen LogP contribution is 2.34. The monoisotopic (exact) mass is 524 g/mol. The molecule has 4 heteroatoms. The van der Waals surface area contributed by atoms with E-state index in [1.54, 1.807) is 0 Å². The van der Waals surface area contributed by atoms with Crippen molar-refractivity contribution in [3.63, 3.8) is 0 Å². The maximum absolute atomic E-state index is 5.06. The standard InChI is InChI=1S/C37H24N4/c1-2-9-27-22-28(15-14-25(27)8-1)34-23-29(24-35(40-34)33-12-5-6-20-38-33)26-16-18-30(19-17-26)41-36-13-4-3-10-31(36)32-11-7-21-39-37(32)41/h1-24H. The number of nitrogens with zero attached hydrogens (tertiary/aromatic N) is 4. The average Bonchev–Trinajstić information content (AvgIpc) is 3.39. The molecule has 0 atom stereocenters. The fourth-order valence-electron chi connectivity index (χ4n) is 5.70. The summed E-state index contributed by atoms with van der Waals surface area (Å²) >= 11 is 0. The van der Waals surface area contributed by atoms with E-state index in [0.29, 0.717) is 0 Å². The molecule has 0 saturated heterocycles. The van der Waals surface area contributed by atoms with Gasteiger partial charge in [0, 0.05) is 34.4 Å². The second-order valence-electron chi connectivity index (χ2n) is 10.2. The van der Waals surface area contributed by atoms with E-state index in [4.69, 9.17) is 9.97 Å². The quantitative estimate of drug-likeness (QED) is 0.231. The Morgan fingerprint density at radius 3 is 2.05 bits per heavy atom. The van der Waals surface area contributed by atoms with Crippen LogP contribution >= 0.6 is 0 Å². The lowest BCUT2D eigenvalue weighted by Crippen LogP contribution is -1.96. The summed E-state index contributed by atoms with van der Waals surface area (Å²) in [5.74, 6) is 0. The predicted molar refractivity (Wildman–Crippen MR) is 168 cm³/mol. The molecule has 192 valence electrons. The van der Waals surface area contributed by atoms with Gasteiger partial charge in [-0.15, -0.1) is 0 Å². The van der Waals surface area contributed by atoms with Crippen LogP contribution in [0.2, 0.25) is 0 Å². The normalized spacial score (nSPS) is 11.4. The number of aromatic nitrogens is 4. The van der Waals surface area contributed by atoms with Crippen LogP contribution in [0.1, 0.15) is 0 Å². The molecule has 0 spiro atoms. The Hall–Kier alpha value is -5.61. The van der Waals surface area contributed by atoms with Crippen molar-refractivity contribution >= 4 is 32.7 Å². The molecular weight excluding hydrogens is 500 g/mol. The number of pyridine rings is 3. The zero-order valence-corrected chi connectivity index (χ0v) is 22.1. The fourth-order valence-corrected chi connectivity index (χ4v) is 5.70. The van der Waals surface area contributed by atoms with Crippen molar-refractivity contribution in [1.29, 1.82) is 0 Å². The Morgan fingerprint density at radius 1 is 0.439 bits per heavy atom. The van der Waals surface area contributed by atoms with E-state index in [9.17, 15) is 0 Å². The number of benzene rings is 4. The Bertz CT molecular complexity index is 2140. The molecule has 0 radical (unpaired) electrons. The third kappa shape index (κ3) is 4.05. The molecule has 0 fully saturated rings. The lowest BCUT2D eigenvalue weighted by Gasteiger charge is -2.12. The maximum Gasteiger partial charge on any atom is 0.145 e. The Balaban J connectivity index is 1.27. The molecule has 0 aliphatic heterocycles. The number of hydrogen-bond acceptors (Lipinski definition) is 3. The molecule has 41 heavy (non-hydrogen) atoms. The first-order chi connectivity index (χ1) is 20.3. The average molecular weight is 525 g/mol. The van der Waals surface area contributed by atoms with Crippen molar-refractivity contribution in [2.24, 2.45) is 0 Å². The van der Waals surface area contributed by atoms with Gasteiger partial charge in [-0.2, -0.15) is 0 Å². The second kappa shape index (κ2) is 9.54. The predicted octanol–water partition coefficient (Wildman–Crippen LogP) is 9.12. The van der Waals surface area contributed by atoms with E-state index < -0.39 is 0 Å². The highest BCUT2D eigenvalue weighted by atomic mass is 15.0. The Morgan fingerprint density at radius 2 is 1.17 bits per heavy atom. The zero-order valence-electron chi connectivity index (χ0n) is 22.1. The molecule has 0 saturated carbocycles. The minimum Gasteiger partial charge on any atom is -0.294 e. The van der Waals surface area contributed by atoms with Crippen LogP contribution in [0.5, 0.6) is 0 Å². The van der Waals surface area contributed by atoms with Crippen molar-refractivity contribution in [2.45, 2.75) is 0 Å². The largest absolute Gasteiger partial charge is 0.294 e. The fraction of sp³-hybridized carbons (Fsp3) is 0. The number of hydrogen-bond donors (Lipinski definition) is 0. The van der Waals surface area contributed by atoms with E-state index in [1.807, 2.05) is 36.7 Å². The van der Waals surface area contributed by atoms with Crippen LogP contribution < -0.4 is 0 Å². The molecule has 4 nitrogen and oxygen atoms in total. The molecule has 4 aromatic carbocycles. The Labute approximate surface area is 237 Å². The van der Waals surface area contributed by atoms with Crippen molar-refractivity contribution in [3.8, 4) is 39.5 Å². The van der Waals surface area contributed by atoms with Crippen LogP contribution in [-0.4, -0.2) is 19.5 Å². The molecule has 4 heterocycles. The van der Waals surface area contributed by atoms with Gasteiger partial charge in [0.1, 0.15) is 5.65 Å². The summed E-state index contributed by atoms with van der Waals surface area (Å²) in [7, 11) is 0. The summed E-state index contributed by atoms with van der Waals surface area (Å²) in [6.45, 7) is 0. The highest BCUT2D eigenvalue weighted by molar-refractivity contribution is 6.07. The van der Waals surface area contributed by atoms with Crippen LogP contribution in [-0.2, 0) is 0 Å². The van der Waals surface area contributed by atoms with Crippen molar-refractivity contribution in [2.75, 3.05) is 0 Å². The minimum absolute atomic E-state index is 0.849. The molecule has 0 amide bonds. The summed E-state index contributed by atoms with van der Waals surface area (Å²) in [6, 6.07) is 46.5. The molecule has 0 unspecified atom stereocenters. The summed E-state index contributed by atoms with van der Waals surface area (Å²) < 4.78 is 2.24. The highest BCUT2D eigenvalue weighted by Gasteiger charge is 2.14. The molecule has 8 rings (SSSR count). The lowest BCUT2D eigenvalue weighted by molar-refractivity contribution is 1.14. The van der Waals surface area contributed by atoms with Gasteiger partial charge in [-0.05, 0) is 82.6 Å². The van der Waals surface area contributed by atoms with Crippen LogP contribution in [0.3, 0.4) is 0 Å². The summed E-state index contributed by atoms with van der Waals surface area (Å²) in [5, 5.41) is 4.77. The number of rotatable bonds is 4. The van der Waals surface area contributed by atoms with Gasteiger partial charge in [-0.1, -0.05) is 72.8 Å². The van der Waals surface area contributed by atoms with Gasteiger partial charge in [-0.25, -0.2) is 9.97 Å². The first-order valence-corrected chi connectivity index (χ1v) is 13.7. The minimum atomic E-state index is 0.849.